The average Bonchev–Trinajstić information content (AvgIpc) is 2.76. The lowest BCUT2D eigenvalue weighted by atomic mass is 10.0. The molecular formula is C15H18N2O3. The molecule has 106 valence electrons. The van der Waals surface area contributed by atoms with Gasteiger partial charge in [0.1, 0.15) is 5.69 Å². The Labute approximate surface area is 117 Å². The predicted octanol–water partition coefficient (Wildman–Crippen LogP) is 1.91. The van der Waals surface area contributed by atoms with Crippen LogP contribution in [-0.2, 0) is 4.79 Å². The van der Waals surface area contributed by atoms with Crippen LogP contribution in [0.2, 0.25) is 0 Å². The average molecular weight is 274 g/mol. The first-order valence-corrected chi connectivity index (χ1v) is 6.63. The van der Waals surface area contributed by atoms with Crippen LogP contribution in [0.15, 0.2) is 24.4 Å². The summed E-state index contributed by atoms with van der Waals surface area (Å²) in [5, 5.41) is 8.54. The van der Waals surface area contributed by atoms with Gasteiger partial charge in [-0.05, 0) is 29.5 Å². The molecule has 0 spiro atoms. The van der Waals surface area contributed by atoms with Gasteiger partial charge in [-0.15, -0.1) is 0 Å². The molecule has 1 amide bonds. The highest BCUT2D eigenvalue weighted by Crippen LogP contribution is 2.23. The van der Waals surface area contributed by atoms with Crippen LogP contribution in [0.3, 0.4) is 0 Å². The van der Waals surface area contributed by atoms with Crippen LogP contribution in [0.1, 0.15) is 29.9 Å². The maximum atomic E-state index is 12.3. The van der Waals surface area contributed by atoms with E-state index in [1.54, 1.807) is 12.1 Å². The van der Waals surface area contributed by atoms with E-state index in [2.05, 4.69) is 18.8 Å². The Morgan fingerprint density at radius 3 is 2.45 bits per heavy atom. The second-order valence-corrected chi connectivity index (χ2v) is 5.31. The monoisotopic (exact) mass is 274 g/mol. The summed E-state index contributed by atoms with van der Waals surface area (Å²) in [6.45, 7) is 5.82. The van der Waals surface area contributed by atoms with Gasteiger partial charge in [0.15, 0.2) is 0 Å². The molecule has 0 aromatic carbocycles. The lowest BCUT2D eigenvalue weighted by molar-refractivity contribution is -0.131. The summed E-state index contributed by atoms with van der Waals surface area (Å²) >= 11 is 0. The molecule has 1 aromatic rings. The maximum absolute atomic E-state index is 12.3. The molecule has 1 fully saturated rings. The highest BCUT2D eigenvalue weighted by atomic mass is 16.4. The number of aromatic nitrogens is 1. The molecule has 1 aliphatic rings. The van der Waals surface area contributed by atoms with Crippen LogP contribution in [0, 0.1) is 11.8 Å². The predicted molar refractivity (Wildman–Crippen MR) is 75.1 cm³/mol. The lowest BCUT2D eigenvalue weighted by Crippen LogP contribution is -2.29. The van der Waals surface area contributed by atoms with Gasteiger partial charge in [0.2, 0.25) is 0 Å². The van der Waals surface area contributed by atoms with Gasteiger partial charge < -0.3 is 10.0 Å². The maximum Gasteiger partial charge on any atom is 0.328 e. The van der Waals surface area contributed by atoms with Crippen LogP contribution in [-0.4, -0.2) is 40.0 Å². The number of carbonyl (C=O) groups excluding carboxylic acids is 1. The number of hydrogen-bond donors (Lipinski definition) is 1. The van der Waals surface area contributed by atoms with Crippen LogP contribution in [0.25, 0.3) is 6.08 Å². The molecule has 2 heterocycles. The van der Waals surface area contributed by atoms with E-state index >= 15 is 0 Å². The minimum atomic E-state index is -1.01. The normalized spacial score (nSPS) is 22.4. The molecule has 1 aromatic heterocycles. The fourth-order valence-electron chi connectivity index (χ4n) is 2.26. The third kappa shape index (κ3) is 3.23. The van der Waals surface area contributed by atoms with E-state index in [1.165, 1.54) is 12.3 Å². The van der Waals surface area contributed by atoms with Crippen LogP contribution >= 0.6 is 0 Å². The molecule has 0 saturated carbocycles. The number of nitrogens with zero attached hydrogens (tertiary/aromatic N) is 2. The Morgan fingerprint density at radius 2 is 1.95 bits per heavy atom. The van der Waals surface area contributed by atoms with E-state index in [0.717, 1.165) is 19.2 Å². The number of amides is 1. The first-order valence-electron chi connectivity index (χ1n) is 6.63. The Kier molecular flexibility index (Phi) is 4.17. The molecule has 2 rings (SSSR count). The van der Waals surface area contributed by atoms with E-state index in [0.29, 0.717) is 23.1 Å². The van der Waals surface area contributed by atoms with E-state index in [4.69, 9.17) is 5.11 Å². The fraction of sp³-hybridized carbons (Fsp3) is 0.400. The molecule has 5 heteroatoms. The Bertz CT molecular complexity index is 527. The third-order valence-electron chi connectivity index (χ3n) is 3.70. The molecule has 1 aliphatic heterocycles. The molecule has 0 radical (unpaired) electrons. The minimum Gasteiger partial charge on any atom is -0.478 e. The van der Waals surface area contributed by atoms with E-state index in [-0.39, 0.29) is 5.91 Å². The smallest absolute Gasteiger partial charge is 0.328 e. The molecule has 0 aliphatic carbocycles. The first kappa shape index (κ1) is 14.2. The summed E-state index contributed by atoms with van der Waals surface area (Å²) in [6, 6.07) is 3.33. The number of rotatable bonds is 3. The first-order chi connectivity index (χ1) is 9.47. The van der Waals surface area contributed by atoms with Gasteiger partial charge in [0.05, 0.1) is 0 Å². The molecule has 2 unspecified atom stereocenters. The molecule has 5 nitrogen and oxygen atoms in total. The van der Waals surface area contributed by atoms with Crippen molar-refractivity contribution in [3.8, 4) is 0 Å². The fourth-order valence-corrected chi connectivity index (χ4v) is 2.26. The number of hydrogen-bond acceptors (Lipinski definition) is 3. The van der Waals surface area contributed by atoms with E-state index in [9.17, 15) is 9.59 Å². The number of aliphatic carboxylic acids is 1. The van der Waals surface area contributed by atoms with E-state index < -0.39 is 5.97 Å². The van der Waals surface area contributed by atoms with Gasteiger partial charge in [0, 0.05) is 25.4 Å². The summed E-state index contributed by atoms with van der Waals surface area (Å²) in [4.78, 5) is 28.6. The van der Waals surface area contributed by atoms with Crippen LogP contribution in [0.4, 0.5) is 0 Å². The topological polar surface area (TPSA) is 70.5 Å². The number of likely N-dealkylation sites (tertiary alicyclic amines) is 1. The second kappa shape index (κ2) is 5.86. The Morgan fingerprint density at radius 1 is 1.30 bits per heavy atom. The molecule has 1 saturated heterocycles. The zero-order valence-corrected chi connectivity index (χ0v) is 11.6. The number of pyridine rings is 1. The van der Waals surface area contributed by atoms with Crippen molar-refractivity contribution in [3.05, 3.63) is 35.7 Å². The van der Waals surface area contributed by atoms with Crippen molar-refractivity contribution in [1.82, 2.24) is 9.88 Å². The van der Waals surface area contributed by atoms with Crippen molar-refractivity contribution in [2.24, 2.45) is 11.8 Å². The van der Waals surface area contributed by atoms with E-state index in [1.807, 2.05) is 4.90 Å². The summed E-state index contributed by atoms with van der Waals surface area (Å²) in [7, 11) is 0. The zero-order valence-electron chi connectivity index (χ0n) is 11.6. The SMILES string of the molecule is CC1CN(C(=O)c2ccc(C=CC(=O)O)cn2)CC1C. The van der Waals surface area contributed by atoms with Crippen molar-refractivity contribution in [3.63, 3.8) is 0 Å². The highest BCUT2D eigenvalue weighted by molar-refractivity contribution is 5.92. The van der Waals surface area contributed by atoms with Gasteiger partial charge in [-0.2, -0.15) is 0 Å². The third-order valence-corrected chi connectivity index (χ3v) is 3.70. The summed E-state index contributed by atoms with van der Waals surface area (Å²) in [5.41, 5.74) is 1.06. The van der Waals surface area contributed by atoms with Gasteiger partial charge in [-0.1, -0.05) is 19.9 Å². The Balaban J connectivity index is 2.06. The quantitative estimate of drug-likeness (QED) is 0.855. The van der Waals surface area contributed by atoms with Crippen molar-refractivity contribution in [2.45, 2.75) is 13.8 Å². The minimum absolute atomic E-state index is 0.0602. The van der Waals surface area contributed by atoms with Crippen molar-refractivity contribution < 1.29 is 14.7 Å². The molecule has 1 N–H and O–H groups in total. The van der Waals surface area contributed by atoms with Gasteiger partial charge in [0.25, 0.3) is 5.91 Å². The van der Waals surface area contributed by atoms with Crippen LogP contribution in [0.5, 0.6) is 0 Å². The molecular weight excluding hydrogens is 256 g/mol. The van der Waals surface area contributed by atoms with Gasteiger partial charge >= 0.3 is 5.97 Å². The summed E-state index contributed by atoms with van der Waals surface area (Å²) < 4.78 is 0. The number of carboxylic acid groups (broad SMARTS) is 1. The standard InChI is InChI=1S/C15H18N2O3/c1-10-8-17(9-11(10)2)15(20)13-5-3-12(7-16-13)4-6-14(18)19/h3-7,10-11H,8-9H2,1-2H3,(H,18,19). The summed E-state index contributed by atoms with van der Waals surface area (Å²) in [5.74, 6) is -0.0476. The molecule has 20 heavy (non-hydrogen) atoms. The lowest BCUT2D eigenvalue weighted by Gasteiger charge is -2.15. The van der Waals surface area contributed by atoms with Gasteiger partial charge in [-0.3, -0.25) is 9.78 Å². The van der Waals surface area contributed by atoms with Crippen molar-refractivity contribution >= 4 is 18.0 Å². The second-order valence-electron chi connectivity index (χ2n) is 5.31. The van der Waals surface area contributed by atoms with Crippen molar-refractivity contribution in [2.75, 3.05) is 13.1 Å². The largest absolute Gasteiger partial charge is 0.478 e. The summed E-state index contributed by atoms with van der Waals surface area (Å²) in [6.07, 6.45) is 4.00. The van der Waals surface area contributed by atoms with Gasteiger partial charge in [-0.25, -0.2) is 4.79 Å². The number of carboxylic acids is 1. The highest BCUT2D eigenvalue weighted by Gasteiger charge is 2.30. The zero-order chi connectivity index (χ0) is 14.7. The van der Waals surface area contributed by atoms with Crippen LogP contribution < -0.4 is 0 Å². The number of carbonyl (C=O) groups is 2. The molecule has 2 atom stereocenters. The molecule has 0 bridgehead atoms. The Hall–Kier alpha value is -2.17. The van der Waals surface area contributed by atoms with Crippen molar-refractivity contribution in [1.29, 1.82) is 0 Å².